The zero-order valence-corrected chi connectivity index (χ0v) is 12.0. The third-order valence-electron chi connectivity index (χ3n) is 2.70. The Kier molecular flexibility index (Phi) is 5.84. The maximum atomic E-state index is 5.79. The van der Waals surface area contributed by atoms with E-state index in [4.69, 9.17) is 4.43 Å². The molecule has 0 amide bonds. The Labute approximate surface area is 86.0 Å². The second-order valence-corrected chi connectivity index (χ2v) is 4.64. The van der Waals surface area contributed by atoms with Gasteiger partial charge in [-0.25, -0.2) is 0 Å². The molecule has 13 heavy (non-hydrogen) atoms. The van der Waals surface area contributed by atoms with Crippen molar-refractivity contribution in [3.63, 3.8) is 0 Å². The molecule has 1 N–H and O–H groups in total. The van der Waals surface area contributed by atoms with Crippen LogP contribution in [0.4, 0.5) is 0 Å². The highest BCUT2D eigenvalue weighted by atomic mass is 28.2. The van der Waals surface area contributed by atoms with Crippen molar-refractivity contribution < 1.29 is 4.43 Å². The van der Waals surface area contributed by atoms with Crippen LogP contribution in [0, 0.1) is 11.8 Å². The van der Waals surface area contributed by atoms with Gasteiger partial charge in [0.2, 0.25) is 0 Å². The van der Waals surface area contributed by atoms with Crippen molar-refractivity contribution in [1.29, 1.82) is 0 Å². The van der Waals surface area contributed by atoms with Crippen molar-refractivity contribution in [1.82, 2.24) is 5.32 Å². The van der Waals surface area contributed by atoms with Crippen LogP contribution in [0.15, 0.2) is 0 Å². The molecule has 0 atom stereocenters. The fourth-order valence-corrected chi connectivity index (χ4v) is 3.03. The van der Waals surface area contributed by atoms with Crippen LogP contribution in [0.5, 0.6) is 0 Å². The molecule has 0 spiro atoms. The van der Waals surface area contributed by atoms with Crippen molar-refractivity contribution in [2.24, 2.45) is 11.8 Å². The monoisotopic (exact) mass is 203 g/mol. The predicted octanol–water partition coefficient (Wildman–Crippen LogP) is 1.29. The van der Waals surface area contributed by atoms with E-state index >= 15 is 0 Å². The Hall–Kier alpha value is 0.137. The summed E-state index contributed by atoms with van der Waals surface area (Å²) in [6.45, 7) is 12.1. The van der Waals surface area contributed by atoms with Gasteiger partial charge < -0.3 is 4.43 Å². The Balaban J connectivity index is 4.45. The zero-order valence-electron chi connectivity index (χ0n) is 9.98. The van der Waals surface area contributed by atoms with Crippen molar-refractivity contribution in [3.05, 3.63) is 0 Å². The quantitative estimate of drug-likeness (QED) is 0.519. The molecule has 0 unspecified atom stereocenters. The Morgan fingerprint density at radius 2 is 1.69 bits per heavy atom. The van der Waals surface area contributed by atoms with Gasteiger partial charge in [-0.3, -0.25) is 5.32 Å². The molecular formula is C10H25NOSi. The summed E-state index contributed by atoms with van der Waals surface area (Å²) in [7, 11) is 0.796. The summed E-state index contributed by atoms with van der Waals surface area (Å²) in [5, 5.41) is 3.54. The molecule has 0 aromatic heterocycles. The van der Waals surface area contributed by atoms with E-state index in [0.29, 0.717) is 11.8 Å². The van der Waals surface area contributed by atoms with E-state index in [2.05, 4.69) is 39.9 Å². The molecule has 0 bridgehead atoms. The molecule has 0 aliphatic rings. The molecule has 0 rings (SSSR count). The minimum Gasteiger partial charge on any atom is -0.410 e. The second kappa shape index (κ2) is 5.78. The van der Waals surface area contributed by atoms with Gasteiger partial charge >= 0.3 is 0 Å². The van der Waals surface area contributed by atoms with Crippen molar-refractivity contribution >= 4 is 10.5 Å². The molecule has 80 valence electrons. The molecule has 0 saturated carbocycles. The Morgan fingerprint density at radius 1 is 1.23 bits per heavy atom. The van der Waals surface area contributed by atoms with Crippen molar-refractivity contribution in [3.8, 4) is 0 Å². The van der Waals surface area contributed by atoms with E-state index in [1.165, 1.54) is 0 Å². The van der Waals surface area contributed by atoms with Gasteiger partial charge in [0.25, 0.3) is 0 Å². The minimum absolute atomic E-state index is 0.0950. The van der Waals surface area contributed by atoms with E-state index in [1.807, 2.05) is 0 Å². The summed E-state index contributed by atoms with van der Waals surface area (Å²) in [5.74, 6) is 1.05. The number of hydrogen-bond acceptors (Lipinski definition) is 2. The first-order chi connectivity index (χ1) is 6.01. The highest BCUT2D eigenvalue weighted by Crippen LogP contribution is 2.26. The maximum absolute atomic E-state index is 5.79. The SMILES string of the molecule is CCCNC(O[SiH3])(C(C)C)C(C)C. The molecule has 0 heterocycles. The van der Waals surface area contributed by atoms with Crippen LogP contribution in [0.2, 0.25) is 0 Å². The summed E-state index contributed by atoms with van der Waals surface area (Å²) in [4.78, 5) is 0. The van der Waals surface area contributed by atoms with Gasteiger partial charge in [0, 0.05) is 0 Å². The largest absolute Gasteiger partial charge is 0.410 e. The van der Waals surface area contributed by atoms with Gasteiger partial charge in [0.05, 0.1) is 0 Å². The lowest BCUT2D eigenvalue weighted by atomic mass is 9.88. The molecule has 2 nitrogen and oxygen atoms in total. The van der Waals surface area contributed by atoms with Gasteiger partial charge in [-0.1, -0.05) is 34.6 Å². The maximum Gasteiger partial charge on any atom is 0.148 e. The third kappa shape index (κ3) is 3.08. The van der Waals surface area contributed by atoms with E-state index in [-0.39, 0.29) is 5.72 Å². The molecule has 3 heteroatoms. The summed E-state index contributed by atoms with van der Waals surface area (Å²) in [6.07, 6.45) is 1.16. The van der Waals surface area contributed by atoms with E-state index in [9.17, 15) is 0 Å². The average molecular weight is 203 g/mol. The lowest BCUT2D eigenvalue weighted by Crippen LogP contribution is -2.55. The van der Waals surface area contributed by atoms with Gasteiger partial charge in [0.15, 0.2) is 0 Å². The van der Waals surface area contributed by atoms with Gasteiger partial charge in [0.1, 0.15) is 16.2 Å². The normalized spacial score (nSPS) is 13.2. The molecule has 0 fully saturated rings. The molecule has 0 aromatic rings. The Bertz CT molecular complexity index is 129. The van der Waals surface area contributed by atoms with E-state index in [1.54, 1.807) is 0 Å². The molecule has 0 aromatic carbocycles. The van der Waals surface area contributed by atoms with Crippen LogP contribution < -0.4 is 5.32 Å². The molecule has 0 saturated heterocycles. The summed E-state index contributed by atoms with van der Waals surface area (Å²) < 4.78 is 5.79. The highest BCUT2D eigenvalue weighted by Gasteiger charge is 2.35. The van der Waals surface area contributed by atoms with Crippen molar-refractivity contribution in [2.45, 2.75) is 46.8 Å². The second-order valence-electron chi connectivity index (χ2n) is 4.23. The van der Waals surface area contributed by atoms with Crippen LogP contribution in [-0.2, 0) is 4.43 Å². The van der Waals surface area contributed by atoms with Crippen molar-refractivity contribution in [2.75, 3.05) is 6.54 Å². The minimum atomic E-state index is -0.0950. The summed E-state index contributed by atoms with van der Waals surface area (Å²) >= 11 is 0. The average Bonchev–Trinajstić information content (AvgIpc) is 2.05. The molecule has 0 aliphatic carbocycles. The van der Waals surface area contributed by atoms with Gasteiger partial charge in [-0.05, 0) is 24.8 Å². The predicted molar refractivity (Wildman–Crippen MR) is 61.7 cm³/mol. The van der Waals surface area contributed by atoms with E-state index in [0.717, 1.165) is 23.5 Å². The van der Waals surface area contributed by atoms with E-state index < -0.39 is 0 Å². The number of nitrogens with one attached hydrogen (secondary N) is 1. The van der Waals surface area contributed by atoms with Crippen LogP contribution in [0.3, 0.4) is 0 Å². The van der Waals surface area contributed by atoms with Gasteiger partial charge in [-0.2, -0.15) is 0 Å². The number of hydrogen-bond donors (Lipinski definition) is 1. The fraction of sp³-hybridized carbons (Fsp3) is 1.00. The molecular weight excluding hydrogens is 178 g/mol. The fourth-order valence-electron chi connectivity index (χ4n) is 1.94. The first kappa shape index (κ1) is 13.1. The number of rotatable bonds is 6. The van der Waals surface area contributed by atoms with Crippen LogP contribution in [0.25, 0.3) is 0 Å². The third-order valence-corrected chi connectivity index (χ3v) is 3.38. The Morgan fingerprint density at radius 3 is 1.92 bits per heavy atom. The summed E-state index contributed by atoms with van der Waals surface area (Å²) in [6, 6.07) is 0. The highest BCUT2D eigenvalue weighted by molar-refractivity contribution is 5.98. The first-order valence-electron chi connectivity index (χ1n) is 5.31. The van der Waals surface area contributed by atoms with Crippen LogP contribution in [-0.4, -0.2) is 22.8 Å². The molecule has 0 aliphatic heterocycles. The smallest absolute Gasteiger partial charge is 0.148 e. The lowest BCUT2D eigenvalue weighted by Gasteiger charge is -2.41. The zero-order chi connectivity index (χ0) is 10.5. The summed E-state index contributed by atoms with van der Waals surface area (Å²) in [5.41, 5.74) is -0.0950. The lowest BCUT2D eigenvalue weighted by molar-refractivity contribution is -0.0462. The first-order valence-corrected chi connectivity index (χ1v) is 6.13. The standard InChI is InChI=1S/C10H25NOSi/c1-6-7-11-10(12-13,8(2)3)9(4)5/h8-9,11H,6-7H2,1-5,13H3. The van der Waals surface area contributed by atoms with Crippen LogP contribution >= 0.6 is 0 Å². The molecule has 0 radical (unpaired) electrons. The van der Waals surface area contributed by atoms with Gasteiger partial charge in [-0.15, -0.1) is 0 Å². The topological polar surface area (TPSA) is 21.3 Å². The van der Waals surface area contributed by atoms with Crippen LogP contribution in [0.1, 0.15) is 41.0 Å².